The van der Waals surface area contributed by atoms with E-state index in [1.807, 2.05) is 13.8 Å². The lowest BCUT2D eigenvalue weighted by Gasteiger charge is -2.26. The fourth-order valence-corrected chi connectivity index (χ4v) is 2.43. The topological polar surface area (TPSA) is 41.6 Å². The summed E-state index contributed by atoms with van der Waals surface area (Å²) in [6.45, 7) is 11.6. The Labute approximate surface area is 111 Å². The molecule has 0 radical (unpaired) electrons. The second kappa shape index (κ2) is 7.74. The number of esters is 1. The van der Waals surface area contributed by atoms with Gasteiger partial charge in [-0.3, -0.25) is 9.69 Å². The van der Waals surface area contributed by atoms with E-state index >= 15 is 0 Å². The predicted octanol–water partition coefficient (Wildman–Crippen LogP) is 1.65. The van der Waals surface area contributed by atoms with Crippen molar-refractivity contribution in [3.63, 3.8) is 0 Å². The Bertz CT molecular complexity index is 248. The summed E-state index contributed by atoms with van der Waals surface area (Å²) in [5.74, 6) is 0.460. The van der Waals surface area contributed by atoms with Gasteiger partial charge in [0.05, 0.1) is 12.6 Å². The summed E-state index contributed by atoms with van der Waals surface area (Å²) < 4.78 is 5.23. The number of ether oxygens (including phenoxy) is 1. The highest BCUT2D eigenvalue weighted by molar-refractivity contribution is 5.71. The smallest absolute Gasteiger partial charge is 0.320 e. The third kappa shape index (κ3) is 6.36. The third-order valence-electron chi connectivity index (χ3n) is 2.98. The summed E-state index contributed by atoms with van der Waals surface area (Å²) in [6, 6.07) is 0.538. The maximum absolute atomic E-state index is 11.7. The van der Waals surface area contributed by atoms with Gasteiger partial charge in [0.2, 0.25) is 0 Å². The van der Waals surface area contributed by atoms with Crippen LogP contribution in [0.4, 0.5) is 0 Å². The van der Waals surface area contributed by atoms with Gasteiger partial charge in [-0.1, -0.05) is 13.8 Å². The van der Waals surface area contributed by atoms with E-state index in [0.29, 0.717) is 18.5 Å². The SMILES string of the molecule is CC(C)CN(CC(=O)OC(C)C)CC1CCCN1. The standard InChI is InChI=1S/C14H28N2O2/c1-11(2)8-16(9-13-6-5-7-15-13)10-14(17)18-12(3)4/h11-13,15H,5-10H2,1-4H3. The van der Waals surface area contributed by atoms with Crippen LogP contribution in [0, 0.1) is 5.92 Å². The van der Waals surface area contributed by atoms with Crippen LogP contribution >= 0.6 is 0 Å². The fraction of sp³-hybridized carbons (Fsp3) is 0.929. The molecule has 1 fully saturated rings. The van der Waals surface area contributed by atoms with E-state index in [4.69, 9.17) is 4.74 Å². The maximum atomic E-state index is 11.7. The average molecular weight is 256 g/mol. The zero-order valence-electron chi connectivity index (χ0n) is 12.2. The molecule has 0 spiro atoms. The third-order valence-corrected chi connectivity index (χ3v) is 2.98. The molecule has 0 amide bonds. The van der Waals surface area contributed by atoms with Gasteiger partial charge < -0.3 is 10.1 Å². The molecule has 0 aliphatic carbocycles. The molecular formula is C14H28N2O2. The zero-order chi connectivity index (χ0) is 13.5. The molecule has 0 bridgehead atoms. The van der Waals surface area contributed by atoms with Crippen LogP contribution < -0.4 is 5.32 Å². The minimum Gasteiger partial charge on any atom is -0.462 e. The summed E-state index contributed by atoms with van der Waals surface area (Å²) in [7, 11) is 0. The Morgan fingerprint density at radius 3 is 2.61 bits per heavy atom. The fourth-order valence-electron chi connectivity index (χ4n) is 2.43. The number of rotatable bonds is 7. The van der Waals surface area contributed by atoms with E-state index in [1.165, 1.54) is 12.8 Å². The zero-order valence-corrected chi connectivity index (χ0v) is 12.2. The summed E-state index contributed by atoms with van der Waals surface area (Å²) in [6.07, 6.45) is 2.44. The van der Waals surface area contributed by atoms with Crippen molar-refractivity contribution in [1.82, 2.24) is 10.2 Å². The summed E-state index contributed by atoms with van der Waals surface area (Å²) in [4.78, 5) is 14.0. The van der Waals surface area contributed by atoms with Gasteiger partial charge in [0.1, 0.15) is 0 Å². The molecule has 1 rings (SSSR count). The highest BCUT2D eigenvalue weighted by atomic mass is 16.5. The number of hydrogen-bond donors (Lipinski definition) is 1. The monoisotopic (exact) mass is 256 g/mol. The molecule has 106 valence electrons. The van der Waals surface area contributed by atoms with Crippen LogP contribution in [0.1, 0.15) is 40.5 Å². The van der Waals surface area contributed by atoms with E-state index in [1.54, 1.807) is 0 Å². The van der Waals surface area contributed by atoms with Gasteiger partial charge in [0.15, 0.2) is 0 Å². The summed E-state index contributed by atoms with van der Waals surface area (Å²) >= 11 is 0. The van der Waals surface area contributed by atoms with Crippen molar-refractivity contribution in [3.8, 4) is 0 Å². The van der Waals surface area contributed by atoms with Gasteiger partial charge in [-0.25, -0.2) is 0 Å². The highest BCUT2D eigenvalue weighted by Crippen LogP contribution is 2.09. The molecule has 4 nitrogen and oxygen atoms in total. The first-order chi connectivity index (χ1) is 8.47. The Morgan fingerprint density at radius 1 is 1.39 bits per heavy atom. The molecule has 4 heteroatoms. The van der Waals surface area contributed by atoms with Crippen molar-refractivity contribution in [2.24, 2.45) is 5.92 Å². The van der Waals surface area contributed by atoms with Crippen LogP contribution in [-0.2, 0) is 9.53 Å². The number of nitrogens with zero attached hydrogens (tertiary/aromatic N) is 1. The van der Waals surface area contributed by atoms with Gasteiger partial charge in [-0.2, -0.15) is 0 Å². The van der Waals surface area contributed by atoms with Crippen LogP contribution in [0.3, 0.4) is 0 Å². The normalized spacial score (nSPS) is 20.1. The minimum absolute atomic E-state index is 0.0250. The quantitative estimate of drug-likeness (QED) is 0.703. The van der Waals surface area contributed by atoms with Gasteiger partial charge in [0.25, 0.3) is 0 Å². The van der Waals surface area contributed by atoms with Crippen molar-refractivity contribution in [2.75, 3.05) is 26.2 Å². The van der Waals surface area contributed by atoms with Crippen LogP contribution in [-0.4, -0.2) is 49.2 Å². The summed E-state index contributed by atoms with van der Waals surface area (Å²) in [5, 5.41) is 3.48. The Morgan fingerprint density at radius 2 is 2.11 bits per heavy atom. The van der Waals surface area contributed by atoms with Gasteiger partial charge >= 0.3 is 5.97 Å². The van der Waals surface area contributed by atoms with Gasteiger partial charge in [0, 0.05) is 19.1 Å². The highest BCUT2D eigenvalue weighted by Gasteiger charge is 2.21. The minimum atomic E-state index is -0.108. The Kier molecular flexibility index (Phi) is 6.65. The molecule has 0 aromatic carbocycles. The van der Waals surface area contributed by atoms with E-state index < -0.39 is 0 Å². The second-order valence-corrected chi connectivity index (χ2v) is 5.92. The first-order valence-corrected chi connectivity index (χ1v) is 7.12. The second-order valence-electron chi connectivity index (χ2n) is 5.92. The lowest BCUT2D eigenvalue weighted by atomic mass is 10.1. The van der Waals surface area contributed by atoms with Crippen LogP contribution in [0.2, 0.25) is 0 Å². The largest absolute Gasteiger partial charge is 0.462 e. The first kappa shape index (κ1) is 15.4. The van der Waals surface area contributed by atoms with E-state index in [9.17, 15) is 4.79 Å². The number of hydrogen-bond acceptors (Lipinski definition) is 4. The molecule has 1 atom stereocenters. The van der Waals surface area contributed by atoms with Gasteiger partial charge in [-0.05, 0) is 39.2 Å². The molecular weight excluding hydrogens is 228 g/mol. The van der Waals surface area contributed by atoms with Crippen molar-refractivity contribution in [1.29, 1.82) is 0 Å². The molecule has 1 aliphatic rings. The van der Waals surface area contributed by atoms with Crippen LogP contribution in [0.25, 0.3) is 0 Å². The van der Waals surface area contributed by atoms with Crippen LogP contribution in [0.5, 0.6) is 0 Å². The lowest BCUT2D eigenvalue weighted by Crippen LogP contribution is -2.42. The van der Waals surface area contributed by atoms with E-state index in [-0.39, 0.29) is 12.1 Å². The van der Waals surface area contributed by atoms with E-state index in [2.05, 4.69) is 24.1 Å². The number of carbonyl (C=O) groups excluding carboxylic acids is 1. The molecule has 1 aliphatic heterocycles. The molecule has 1 saturated heterocycles. The summed E-state index contributed by atoms with van der Waals surface area (Å²) in [5.41, 5.74) is 0. The molecule has 18 heavy (non-hydrogen) atoms. The van der Waals surface area contributed by atoms with Gasteiger partial charge in [-0.15, -0.1) is 0 Å². The first-order valence-electron chi connectivity index (χ1n) is 7.12. The number of nitrogens with one attached hydrogen (secondary N) is 1. The molecule has 0 aromatic rings. The molecule has 0 saturated carbocycles. The molecule has 1 N–H and O–H groups in total. The Balaban J connectivity index is 2.41. The van der Waals surface area contributed by atoms with Crippen molar-refractivity contribution >= 4 is 5.97 Å². The lowest BCUT2D eigenvalue weighted by molar-refractivity contribution is -0.148. The molecule has 0 aromatic heterocycles. The Hall–Kier alpha value is -0.610. The van der Waals surface area contributed by atoms with Crippen molar-refractivity contribution < 1.29 is 9.53 Å². The predicted molar refractivity (Wildman–Crippen MR) is 73.5 cm³/mol. The number of carbonyl (C=O) groups is 1. The van der Waals surface area contributed by atoms with Crippen LogP contribution in [0.15, 0.2) is 0 Å². The molecule has 1 unspecified atom stereocenters. The van der Waals surface area contributed by atoms with E-state index in [0.717, 1.165) is 19.6 Å². The molecule has 1 heterocycles. The average Bonchev–Trinajstić information content (AvgIpc) is 2.67. The van der Waals surface area contributed by atoms with Crippen molar-refractivity contribution in [3.05, 3.63) is 0 Å². The van der Waals surface area contributed by atoms with Crippen molar-refractivity contribution in [2.45, 2.75) is 52.7 Å². The maximum Gasteiger partial charge on any atom is 0.320 e.